The molecule has 0 fully saturated rings. The number of hydrogen-bond donors (Lipinski definition) is 2. The summed E-state index contributed by atoms with van der Waals surface area (Å²) >= 11 is 0. The van der Waals surface area contributed by atoms with Crippen molar-refractivity contribution in [2.45, 2.75) is 5.75 Å². The molecular weight excluding hydrogens is 322 g/mol. The fourth-order valence-electron chi connectivity index (χ4n) is 1.99. The molecule has 24 heavy (non-hydrogen) atoms. The largest absolute Gasteiger partial charge is 0.356 e. The summed E-state index contributed by atoms with van der Waals surface area (Å²) in [6.07, 6.45) is 0. The van der Waals surface area contributed by atoms with Crippen LogP contribution in [0.5, 0.6) is 0 Å². The third-order valence-corrected chi connectivity index (χ3v) is 3.73. The standard InChI is InChI=1S/C12H11N.C7H8O3S/c1-3-7-11(8-4-1)13-12-9-5-2-6-10-12;8-11(9,10)6-7-4-2-1-3-5-7/h1-10,13H;1-5H,6H2,(H,8,9,10). The monoisotopic (exact) mass is 341 g/mol. The predicted octanol–water partition coefficient (Wildman–Crippen LogP) is 4.50. The topological polar surface area (TPSA) is 66.4 Å². The second kappa shape index (κ2) is 8.86. The second-order valence-electron chi connectivity index (χ2n) is 5.07. The molecule has 0 aromatic heterocycles. The highest BCUT2D eigenvalue weighted by atomic mass is 32.2. The van der Waals surface area contributed by atoms with E-state index in [1.54, 1.807) is 30.3 Å². The molecule has 0 saturated carbocycles. The van der Waals surface area contributed by atoms with Crippen LogP contribution in [0, 0.1) is 0 Å². The average molecular weight is 341 g/mol. The van der Waals surface area contributed by atoms with Crippen LogP contribution in [-0.2, 0) is 15.9 Å². The Balaban J connectivity index is 0.000000177. The molecule has 0 saturated heterocycles. The summed E-state index contributed by atoms with van der Waals surface area (Å²) < 4.78 is 29.2. The van der Waals surface area contributed by atoms with Crippen LogP contribution >= 0.6 is 0 Å². The molecule has 0 unspecified atom stereocenters. The van der Waals surface area contributed by atoms with Crippen molar-refractivity contribution >= 4 is 21.5 Å². The highest BCUT2D eigenvalue weighted by molar-refractivity contribution is 7.85. The number of para-hydroxylation sites is 2. The van der Waals surface area contributed by atoms with Crippen LogP contribution in [0.4, 0.5) is 11.4 Å². The van der Waals surface area contributed by atoms with Crippen molar-refractivity contribution < 1.29 is 13.0 Å². The van der Waals surface area contributed by atoms with E-state index in [-0.39, 0.29) is 5.75 Å². The van der Waals surface area contributed by atoms with Crippen molar-refractivity contribution in [3.63, 3.8) is 0 Å². The van der Waals surface area contributed by atoms with Gasteiger partial charge in [-0.25, -0.2) is 0 Å². The highest BCUT2D eigenvalue weighted by Crippen LogP contribution is 2.14. The molecule has 0 radical (unpaired) electrons. The summed E-state index contributed by atoms with van der Waals surface area (Å²) in [6.45, 7) is 0. The van der Waals surface area contributed by atoms with Crippen LogP contribution < -0.4 is 5.32 Å². The zero-order chi connectivity index (χ0) is 17.3. The second-order valence-corrected chi connectivity index (χ2v) is 6.52. The first-order valence-corrected chi connectivity index (χ1v) is 9.00. The average Bonchev–Trinajstić information content (AvgIpc) is 2.57. The van der Waals surface area contributed by atoms with Gasteiger partial charge in [0.05, 0.1) is 0 Å². The Morgan fingerprint density at radius 2 is 1.04 bits per heavy atom. The minimum Gasteiger partial charge on any atom is -0.356 e. The lowest BCUT2D eigenvalue weighted by Crippen LogP contribution is -2.00. The lowest BCUT2D eigenvalue weighted by molar-refractivity contribution is 0.482. The minimum atomic E-state index is -3.88. The molecule has 0 aliphatic carbocycles. The molecule has 5 heteroatoms. The third-order valence-electron chi connectivity index (χ3n) is 3.03. The van der Waals surface area contributed by atoms with E-state index in [2.05, 4.69) is 5.32 Å². The van der Waals surface area contributed by atoms with Crippen LogP contribution in [0.25, 0.3) is 0 Å². The van der Waals surface area contributed by atoms with E-state index in [0.717, 1.165) is 11.4 Å². The normalized spacial score (nSPS) is 10.4. The van der Waals surface area contributed by atoms with Gasteiger partial charge < -0.3 is 5.32 Å². The Hall–Kier alpha value is -2.63. The maximum absolute atomic E-state index is 10.4. The Morgan fingerprint density at radius 3 is 1.42 bits per heavy atom. The van der Waals surface area contributed by atoms with E-state index < -0.39 is 10.1 Å². The number of anilines is 2. The SMILES string of the molecule is O=S(=O)(O)Cc1ccccc1.c1ccc(Nc2ccccc2)cc1. The lowest BCUT2D eigenvalue weighted by Gasteiger charge is -2.04. The quantitative estimate of drug-likeness (QED) is 0.686. The zero-order valence-corrected chi connectivity index (χ0v) is 13.9. The molecule has 0 spiro atoms. The van der Waals surface area contributed by atoms with Crippen LogP contribution in [0.15, 0.2) is 91.0 Å². The molecule has 0 bridgehead atoms. The number of nitrogens with one attached hydrogen (secondary N) is 1. The van der Waals surface area contributed by atoms with Crippen LogP contribution in [0.3, 0.4) is 0 Å². The smallest absolute Gasteiger partial charge is 0.269 e. The van der Waals surface area contributed by atoms with E-state index in [4.69, 9.17) is 4.55 Å². The van der Waals surface area contributed by atoms with Crippen molar-refractivity contribution in [2.75, 3.05) is 5.32 Å². The van der Waals surface area contributed by atoms with Crippen molar-refractivity contribution in [3.8, 4) is 0 Å². The number of benzene rings is 3. The van der Waals surface area contributed by atoms with E-state index in [1.807, 2.05) is 60.7 Å². The molecule has 0 heterocycles. The van der Waals surface area contributed by atoms with Crippen LogP contribution in [0.1, 0.15) is 5.56 Å². The fourth-order valence-corrected chi connectivity index (χ4v) is 2.61. The van der Waals surface area contributed by atoms with Gasteiger partial charge in [0.25, 0.3) is 10.1 Å². The summed E-state index contributed by atoms with van der Waals surface area (Å²) in [5, 5.41) is 3.30. The summed E-state index contributed by atoms with van der Waals surface area (Å²) in [4.78, 5) is 0. The Bertz CT molecular complexity index is 783. The van der Waals surface area contributed by atoms with Gasteiger partial charge in [0.1, 0.15) is 5.75 Å². The summed E-state index contributed by atoms with van der Waals surface area (Å²) in [5.74, 6) is -0.312. The van der Waals surface area contributed by atoms with Gasteiger partial charge in [0.2, 0.25) is 0 Å². The molecule has 3 aromatic carbocycles. The third kappa shape index (κ3) is 7.09. The Labute approximate surface area is 142 Å². The van der Waals surface area contributed by atoms with E-state index >= 15 is 0 Å². The summed E-state index contributed by atoms with van der Waals surface area (Å²) in [5.41, 5.74) is 2.83. The van der Waals surface area contributed by atoms with Gasteiger partial charge in [-0.2, -0.15) is 8.42 Å². The van der Waals surface area contributed by atoms with Gasteiger partial charge in [-0.1, -0.05) is 66.7 Å². The molecule has 3 rings (SSSR count). The maximum atomic E-state index is 10.4. The molecule has 0 amide bonds. The van der Waals surface area contributed by atoms with E-state index in [9.17, 15) is 8.42 Å². The molecular formula is C19H19NO3S. The first-order chi connectivity index (χ1) is 11.5. The van der Waals surface area contributed by atoms with Gasteiger partial charge in [-0.3, -0.25) is 4.55 Å². The van der Waals surface area contributed by atoms with Crippen LogP contribution in [0.2, 0.25) is 0 Å². The van der Waals surface area contributed by atoms with Gasteiger partial charge in [0.15, 0.2) is 0 Å². The van der Waals surface area contributed by atoms with Crippen molar-refractivity contribution in [3.05, 3.63) is 96.6 Å². The van der Waals surface area contributed by atoms with E-state index in [0.29, 0.717) is 5.56 Å². The molecule has 3 aromatic rings. The molecule has 0 aliphatic rings. The van der Waals surface area contributed by atoms with Crippen LogP contribution in [-0.4, -0.2) is 13.0 Å². The van der Waals surface area contributed by atoms with Gasteiger partial charge in [-0.05, 0) is 29.8 Å². The van der Waals surface area contributed by atoms with Gasteiger partial charge in [0, 0.05) is 11.4 Å². The molecule has 124 valence electrons. The molecule has 0 aliphatic heterocycles. The Morgan fingerprint density at radius 1 is 0.667 bits per heavy atom. The zero-order valence-electron chi connectivity index (χ0n) is 13.0. The Kier molecular flexibility index (Phi) is 6.54. The van der Waals surface area contributed by atoms with Crippen molar-refractivity contribution in [1.29, 1.82) is 0 Å². The number of hydrogen-bond acceptors (Lipinski definition) is 3. The predicted molar refractivity (Wildman–Crippen MR) is 97.9 cm³/mol. The molecule has 0 atom stereocenters. The van der Waals surface area contributed by atoms with Gasteiger partial charge >= 0.3 is 0 Å². The van der Waals surface area contributed by atoms with Crippen molar-refractivity contribution in [1.82, 2.24) is 0 Å². The first kappa shape index (κ1) is 17.7. The molecule has 2 N–H and O–H groups in total. The fraction of sp³-hybridized carbons (Fsp3) is 0.0526. The maximum Gasteiger partial charge on any atom is 0.269 e. The minimum absolute atomic E-state index is 0.312. The summed E-state index contributed by atoms with van der Waals surface area (Å²) in [7, 11) is -3.88. The number of rotatable bonds is 4. The van der Waals surface area contributed by atoms with Crippen molar-refractivity contribution in [2.24, 2.45) is 0 Å². The highest BCUT2D eigenvalue weighted by Gasteiger charge is 2.04. The van der Waals surface area contributed by atoms with Gasteiger partial charge in [-0.15, -0.1) is 0 Å². The molecule has 4 nitrogen and oxygen atoms in total. The summed E-state index contributed by atoms with van der Waals surface area (Å²) in [6, 6.07) is 28.8. The lowest BCUT2D eigenvalue weighted by atomic mass is 10.2. The first-order valence-electron chi connectivity index (χ1n) is 7.39. The van der Waals surface area contributed by atoms with E-state index in [1.165, 1.54) is 0 Å².